The van der Waals surface area contributed by atoms with Gasteiger partial charge in [0.2, 0.25) is 5.90 Å². The smallest absolute Gasteiger partial charge is 0.233 e. The maximum absolute atomic E-state index is 11.7. The maximum Gasteiger partial charge on any atom is 0.233 e. The highest BCUT2D eigenvalue weighted by molar-refractivity contribution is 7.90. The molecule has 3 heterocycles. The lowest BCUT2D eigenvalue weighted by atomic mass is 10.1. The fourth-order valence-electron chi connectivity index (χ4n) is 3.38. The number of benzene rings is 1. The van der Waals surface area contributed by atoms with Crippen molar-refractivity contribution in [3.8, 4) is 28.5 Å². The number of nitrogens with one attached hydrogen (secondary N) is 1. The van der Waals surface area contributed by atoms with E-state index in [9.17, 15) is 18.6 Å². The second-order valence-corrected chi connectivity index (χ2v) is 10.3. The molecule has 0 spiro atoms. The molecule has 3 atom stereocenters. The van der Waals surface area contributed by atoms with E-state index in [-0.39, 0.29) is 17.7 Å². The summed E-state index contributed by atoms with van der Waals surface area (Å²) >= 11 is 0. The van der Waals surface area contributed by atoms with Gasteiger partial charge in [0.1, 0.15) is 41.7 Å². The number of hydrogen-bond acceptors (Lipinski definition) is 9. The Morgan fingerprint density at radius 2 is 1.86 bits per heavy atom. The van der Waals surface area contributed by atoms with Gasteiger partial charge in [-0.25, -0.2) is 18.4 Å². The van der Waals surface area contributed by atoms with Crippen LogP contribution >= 0.6 is 0 Å². The van der Waals surface area contributed by atoms with E-state index in [1.165, 1.54) is 18.3 Å². The normalized spacial score (nSPS) is 17.4. The van der Waals surface area contributed by atoms with E-state index in [1.54, 1.807) is 32.0 Å². The summed E-state index contributed by atoms with van der Waals surface area (Å²) in [5.74, 6) is 1.67. The van der Waals surface area contributed by atoms with Crippen LogP contribution in [0.25, 0.3) is 11.3 Å². The SMILES string of the molecule is CC(O)[C@@H]1COC(c2ccc(-c3cc(Oc4ccc(S(C)(=O)=O)nc4)cc(O[C@@H](C)CO)c3)[nH]2)=N1. The molecule has 0 radical (unpaired) electrons. The number of ether oxygens (including phenoxy) is 3. The number of aliphatic imine (C=N–C) groups is 1. The van der Waals surface area contributed by atoms with Gasteiger partial charge in [0.25, 0.3) is 0 Å². The average Bonchev–Trinajstić information content (AvgIpc) is 3.49. The third-order valence-electron chi connectivity index (χ3n) is 5.26. The number of aromatic nitrogens is 2. The zero-order chi connectivity index (χ0) is 25.2. The molecular formula is C24H27N3O7S. The highest BCUT2D eigenvalue weighted by atomic mass is 32.2. The number of aliphatic hydroxyl groups is 2. The first-order chi connectivity index (χ1) is 16.6. The largest absolute Gasteiger partial charge is 0.488 e. The fraction of sp³-hybridized carbons (Fsp3) is 0.333. The van der Waals surface area contributed by atoms with Gasteiger partial charge in [0.15, 0.2) is 14.9 Å². The van der Waals surface area contributed by atoms with Crippen LogP contribution in [0.15, 0.2) is 58.7 Å². The molecule has 0 amide bonds. The van der Waals surface area contributed by atoms with E-state index >= 15 is 0 Å². The van der Waals surface area contributed by atoms with E-state index in [4.69, 9.17) is 14.2 Å². The van der Waals surface area contributed by atoms with Crippen LogP contribution in [0.4, 0.5) is 0 Å². The Hall–Kier alpha value is -3.41. The quantitative estimate of drug-likeness (QED) is 0.406. The number of sulfone groups is 1. The van der Waals surface area contributed by atoms with Gasteiger partial charge < -0.3 is 29.4 Å². The van der Waals surface area contributed by atoms with Crippen LogP contribution in [0.2, 0.25) is 0 Å². The van der Waals surface area contributed by atoms with Crippen LogP contribution in [0.5, 0.6) is 17.2 Å². The molecule has 4 rings (SSSR count). The fourth-order valence-corrected chi connectivity index (χ4v) is 3.94. The van der Waals surface area contributed by atoms with Gasteiger partial charge in [0.05, 0.1) is 18.9 Å². The molecule has 1 aliphatic heterocycles. The molecule has 0 aliphatic carbocycles. The van der Waals surface area contributed by atoms with Gasteiger partial charge in [-0.3, -0.25) is 0 Å². The van der Waals surface area contributed by atoms with E-state index in [0.717, 1.165) is 17.5 Å². The molecule has 0 bridgehead atoms. The van der Waals surface area contributed by atoms with E-state index in [1.807, 2.05) is 12.1 Å². The Kier molecular flexibility index (Phi) is 7.10. The number of rotatable bonds is 9. The molecule has 3 N–H and O–H groups in total. The highest BCUT2D eigenvalue weighted by Crippen LogP contribution is 2.33. The zero-order valence-corrected chi connectivity index (χ0v) is 20.3. The molecular weight excluding hydrogens is 474 g/mol. The standard InChI is InChI=1S/C24H27N3O7S/c1-14(12-28)33-18-8-16(20-5-6-21(26-20)24-27-22(13-32-24)15(2)29)9-19(10-18)34-17-4-7-23(25-11-17)35(3,30)31/h4-11,14-15,22,26,28-29H,12-13H2,1-3H3/t14-,15?,22-/m0/s1. The summed E-state index contributed by atoms with van der Waals surface area (Å²) in [7, 11) is -3.42. The Balaban J connectivity index is 1.63. The number of hydrogen-bond donors (Lipinski definition) is 3. The molecule has 0 saturated carbocycles. The molecule has 0 saturated heterocycles. The average molecular weight is 502 g/mol. The van der Waals surface area contributed by atoms with Crippen molar-refractivity contribution < 1.29 is 32.8 Å². The van der Waals surface area contributed by atoms with Crippen LogP contribution in [0.3, 0.4) is 0 Å². The third kappa shape index (κ3) is 5.99. The van der Waals surface area contributed by atoms with Crippen LogP contribution in [-0.4, -0.2) is 72.2 Å². The van der Waals surface area contributed by atoms with Crippen molar-refractivity contribution in [3.05, 3.63) is 54.4 Å². The minimum atomic E-state index is -3.42. The Labute approximate surface area is 203 Å². The van der Waals surface area contributed by atoms with E-state index in [2.05, 4.69) is 15.0 Å². The first-order valence-electron chi connectivity index (χ1n) is 11.0. The van der Waals surface area contributed by atoms with Gasteiger partial charge in [-0.1, -0.05) is 0 Å². The summed E-state index contributed by atoms with van der Waals surface area (Å²) < 4.78 is 40.7. The Morgan fingerprint density at radius 1 is 1.11 bits per heavy atom. The minimum Gasteiger partial charge on any atom is -0.488 e. The molecule has 10 nitrogen and oxygen atoms in total. The van der Waals surface area contributed by atoms with Crippen LogP contribution in [0, 0.1) is 0 Å². The van der Waals surface area contributed by atoms with Crippen molar-refractivity contribution in [2.24, 2.45) is 4.99 Å². The molecule has 1 unspecified atom stereocenters. The van der Waals surface area contributed by atoms with Gasteiger partial charge >= 0.3 is 0 Å². The summed E-state index contributed by atoms with van der Waals surface area (Å²) in [6.45, 7) is 3.56. The number of aromatic amines is 1. The molecule has 0 fully saturated rings. The van der Waals surface area contributed by atoms with Gasteiger partial charge in [-0.05, 0) is 50.2 Å². The van der Waals surface area contributed by atoms with Crippen molar-refractivity contribution in [1.29, 1.82) is 0 Å². The van der Waals surface area contributed by atoms with Crippen molar-refractivity contribution in [1.82, 2.24) is 9.97 Å². The molecule has 2 aromatic heterocycles. The molecule has 3 aromatic rings. The lowest BCUT2D eigenvalue weighted by molar-refractivity contribution is 0.129. The van der Waals surface area contributed by atoms with Crippen molar-refractivity contribution >= 4 is 15.7 Å². The van der Waals surface area contributed by atoms with Crippen molar-refractivity contribution in [2.45, 2.75) is 37.1 Å². The molecule has 1 aliphatic rings. The zero-order valence-electron chi connectivity index (χ0n) is 19.5. The maximum atomic E-state index is 11.7. The molecule has 1 aromatic carbocycles. The third-order valence-corrected chi connectivity index (χ3v) is 6.26. The first kappa shape index (κ1) is 24.7. The first-order valence-corrected chi connectivity index (χ1v) is 12.9. The van der Waals surface area contributed by atoms with E-state index < -0.39 is 22.0 Å². The monoisotopic (exact) mass is 501 g/mol. The second-order valence-electron chi connectivity index (χ2n) is 8.35. The van der Waals surface area contributed by atoms with Crippen LogP contribution in [-0.2, 0) is 14.6 Å². The van der Waals surface area contributed by atoms with Crippen LogP contribution in [0.1, 0.15) is 19.5 Å². The molecule has 186 valence electrons. The van der Waals surface area contributed by atoms with Gasteiger partial charge in [-0.2, -0.15) is 0 Å². The molecule has 35 heavy (non-hydrogen) atoms. The summed E-state index contributed by atoms with van der Waals surface area (Å²) in [5.41, 5.74) is 2.14. The summed E-state index contributed by atoms with van der Waals surface area (Å²) in [4.78, 5) is 11.6. The Morgan fingerprint density at radius 3 is 2.49 bits per heavy atom. The lowest BCUT2D eigenvalue weighted by Crippen LogP contribution is -2.21. The van der Waals surface area contributed by atoms with Crippen molar-refractivity contribution in [2.75, 3.05) is 19.5 Å². The molecule has 11 heteroatoms. The summed E-state index contributed by atoms with van der Waals surface area (Å²) in [6.07, 6.45) is 1.38. The van der Waals surface area contributed by atoms with Crippen molar-refractivity contribution in [3.63, 3.8) is 0 Å². The number of H-pyrrole nitrogens is 1. The minimum absolute atomic E-state index is 0.0480. The second kappa shape index (κ2) is 10.1. The van der Waals surface area contributed by atoms with E-state index in [0.29, 0.717) is 35.4 Å². The summed E-state index contributed by atoms with van der Waals surface area (Å²) in [6, 6.07) is 11.5. The lowest BCUT2D eigenvalue weighted by Gasteiger charge is -2.15. The topological polar surface area (TPSA) is 143 Å². The predicted octanol–water partition coefficient (Wildman–Crippen LogP) is 2.56. The number of pyridine rings is 1. The Bertz CT molecular complexity index is 1320. The number of nitrogens with zero attached hydrogens (tertiary/aromatic N) is 2. The predicted molar refractivity (Wildman–Crippen MR) is 129 cm³/mol. The van der Waals surface area contributed by atoms with Gasteiger partial charge in [-0.15, -0.1) is 0 Å². The highest BCUT2D eigenvalue weighted by Gasteiger charge is 2.25. The van der Waals surface area contributed by atoms with Crippen LogP contribution < -0.4 is 9.47 Å². The number of aliphatic hydroxyl groups excluding tert-OH is 2. The van der Waals surface area contributed by atoms with Gasteiger partial charge in [0, 0.05) is 23.6 Å². The summed E-state index contributed by atoms with van der Waals surface area (Å²) in [5, 5.41) is 19.1.